The van der Waals surface area contributed by atoms with Gasteiger partial charge in [0.25, 0.3) is 0 Å². The minimum Gasteiger partial charge on any atom is -0.463 e. The highest BCUT2D eigenvalue weighted by Crippen LogP contribution is 2.24. The van der Waals surface area contributed by atoms with Gasteiger partial charge in [-0.1, -0.05) is 14.0 Å². The maximum Gasteiger partial charge on any atom is 0.342 e. The van der Waals surface area contributed by atoms with E-state index in [-0.39, 0.29) is 13.4 Å². The summed E-state index contributed by atoms with van der Waals surface area (Å²) in [4.78, 5) is 11.0. The van der Waals surface area contributed by atoms with E-state index in [1.165, 1.54) is 6.08 Å². The molecule has 0 aliphatic heterocycles. The molecule has 6 nitrogen and oxygen atoms in total. The summed E-state index contributed by atoms with van der Waals surface area (Å²) in [7, 11) is -8.28. The molecule has 0 radical (unpaired) electrons. The zero-order valence-electron chi connectivity index (χ0n) is 18.8. The number of hydrogen-bond donors (Lipinski definition) is 0. The van der Waals surface area contributed by atoms with Crippen molar-refractivity contribution in [2.24, 2.45) is 0 Å². The minimum atomic E-state index is -2.51. The van der Waals surface area contributed by atoms with E-state index in [1.54, 1.807) is 0 Å². The quantitative estimate of drug-likeness (QED) is 0.151. The number of ether oxygens (including phenoxy) is 2. The fraction of sp³-hybridized carbons (Fsp3) is 0.833. The fourth-order valence-electron chi connectivity index (χ4n) is 2.80. The number of esters is 1. The van der Waals surface area contributed by atoms with E-state index in [0.717, 1.165) is 12.8 Å². The molecule has 1 atom stereocenters. The molecule has 0 N–H and O–H groups in total. The van der Waals surface area contributed by atoms with Crippen LogP contribution in [0.15, 0.2) is 12.7 Å². The van der Waals surface area contributed by atoms with Crippen molar-refractivity contribution >= 4 is 39.7 Å². The van der Waals surface area contributed by atoms with E-state index < -0.39 is 33.8 Å². The Morgan fingerprint density at radius 3 is 1.79 bits per heavy atom. The van der Waals surface area contributed by atoms with Crippen LogP contribution in [0.1, 0.15) is 20.3 Å². The summed E-state index contributed by atoms with van der Waals surface area (Å²) < 4.78 is 30.2. The molecule has 0 fully saturated rings. The number of carbonyl (C=O) groups excluding carboxylic acids is 1. The zero-order valence-corrected chi connectivity index (χ0v) is 22.8. The molecule has 168 valence electrons. The summed E-state index contributed by atoms with van der Waals surface area (Å²) >= 11 is 0. The summed E-state index contributed by atoms with van der Waals surface area (Å²) in [5.74, 6) is -0.387. The topological polar surface area (TPSA) is 63.2 Å². The van der Waals surface area contributed by atoms with Crippen LogP contribution < -0.4 is 0 Å². The van der Waals surface area contributed by atoms with Gasteiger partial charge in [0.1, 0.15) is 0 Å². The predicted octanol–water partition coefficient (Wildman–Crippen LogP) is 5.18. The van der Waals surface area contributed by atoms with Crippen molar-refractivity contribution in [3.63, 3.8) is 0 Å². The van der Waals surface area contributed by atoms with E-state index in [2.05, 4.69) is 65.5 Å². The average Bonchev–Trinajstić information content (AvgIpc) is 2.40. The van der Waals surface area contributed by atoms with E-state index in [0.29, 0.717) is 19.4 Å². The highest BCUT2D eigenvalue weighted by Gasteiger charge is 2.44. The Bertz CT molecular complexity index is 474. The van der Waals surface area contributed by atoms with Gasteiger partial charge >= 0.3 is 23.1 Å². The lowest BCUT2D eigenvalue weighted by Gasteiger charge is -2.41. The number of hydrogen-bond acceptors (Lipinski definition) is 6. The zero-order chi connectivity index (χ0) is 21.4. The normalized spacial score (nSPS) is 14.8. The van der Waals surface area contributed by atoms with Crippen LogP contribution >= 0.6 is 0 Å². The molecule has 0 aromatic heterocycles. The lowest BCUT2D eigenvalue weighted by Crippen LogP contribution is -2.59. The summed E-state index contributed by atoms with van der Waals surface area (Å²) in [5.41, 5.74) is 0. The maximum absolute atomic E-state index is 11.0. The minimum absolute atomic E-state index is 0. The van der Waals surface area contributed by atoms with Crippen LogP contribution in [-0.4, -0.2) is 59.2 Å². The van der Waals surface area contributed by atoms with Crippen molar-refractivity contribution in [3.05, 3.63) is 12.7 Å². The van der Waals surface area contributed by atoms with E-state index in [1.807, 2.05) is 0 Å². The first-order chi connectivity index (χ1) is 12.1. The molecule has 0 bridgehead atoms. The van der Waals surface area contributed by atoms with Gasteiger partial charge in [0.15, 0.2) is 16.6 Å². The van der Waals surface area contributed by atoms with Gasteiger partial charge in [-0.3, -0.25) is 0 Å². The van der Waals surface area contributed by atoms with E-state index in [9.17, 15) is 4.79 Å². The van der Waals surface area contributed by atoms with Crippen LogP contribution in [0.4, 0.5) is 0 Å². The van der Waals surface area contributed by atoms with Crippen molar-refractivity contribution in [2.75, 3.05) is 19.4 Å². The molecule has 0 rings (SSSR count). The third-order valence-electron chi connectivity index (χ3n) is 2.99. The Kier molecular flexibility index (Phi) is 13.5. The Morgan fingerprint density at radius 2 is 1.32 bits per heavy atom. The van der Waals surface area contributed by atoms with Gasteiger partial charge in [0.2, 0.25) is 0 Å². The highest BCUT2D eigenvalue weighted by atomic mass is 28.5. The highest BCUT2D eigenvalue weighted by molar-refractivity contribution is 6.89. The first-order valence-corrected chi connectivity index (χ1v) is 21.7. The van der Waals surface area contributed by atoms with Crippen LogP contribution in [0.25, 0.3) is 0 Å². The summed E-state index contributed by atoms with van der Waals surface area (Å²) in [6.07, 6.45) is 3.22. The predicted molar refractivity (Wildman–Crippen MR) is 127 cm³/mol. The number of unbranched alkanes of at least 4 members (excludes halogenated alkanes) is 1. The molecule has 0 heterocycles. The van der Waals surface area contributed by atoms with Crippen molar-refractivity contribution in [2.45, 2.75) is 79.2 Å². The van der Waals surface area contributed by atoms with Gasteiger partial charge in [-0.2, -0.15) is 0 Å². The van der Waals surface area contributed by atoms with Crippen LogP contribution in [0.3, 0.4) is 0 Å². The molecule has 0 spiro atoms. The largest absolute Gasteiger partial charge is 0.463 e. The number of carbonyl (C=O) groups is 1. The van der Waals surface area contributed by atoms with Gasteiger partial charge in [-0.15, -0.1) is 0 Å². The smallest absolute Gasteiger partial charge is 0.342 e. The van der Waals surface area contributed by atoms with E-state index >= 15 is 0 Å². The molecule has 0 saturated carbocycles. The average molecular weight is 469 g/mol. The van der Waals surface area contributed by atoms with Gasteiger partial charge in [-0.05, 0) is 71.8 Å². The molecular formula is C18H44O6Si4. The molecule has 0 aliphatic rings. The molecule has 10 heteroatoms. The summed E-state index contributed by atoms with van der Waals surface area (Å²) in [5, 5.41) is 0. The Labute approximate surface area is 177 Å². The Hall–Kier alpha value is -0.0825. The van der Waals surface area contributed by atoms with Crippen LogP contribution in [0.2, 0.25) is 58.9 Å². The van der Waals surface area contributed by atoms with Gasteiger partial charge < -0.3 is 21.8 Å². The second-order valence-corrected chi connectivity index (χ2v) is 25.5. The lowest BCUT2D eigenvalue weighted by molar-refractivity contribution is -0.137. The van der Waals surface area contributed by atoms with Crippen molar-refractivity contribution in [1.82, 2.24) is 0 Å². The van der Waals surface area contributed by atoms with Gasteiger partial charge in [0.05, 0.1) is 12.8 Å². The first-order valence-electron chi connectivity index (χ1n) is 9.55. The molecule has 0 aromatic carbocycles. The van der Waals surface area contributed by atoms with Crippen molar-refractivity contribution in [3.8, 4) is 0 Å². The van der Waals surface area contributed by atoms with Crippen LogP contribution in [0.5, 0.6) is 0 Å². The molecule has 0 amide bonds. The van der Waals surface area contributed by atoms with Crippen LogP contribution in [0, 0.1) is 0 Å². The monoisotopic (exact) mass is 468 g/mol. The molecule has 0 aliphatic carbocycles. The SMILES string of the molecule is C.C=CC(=O)OCCCCOC[Si](C)(O[Si](C)(C)C)O[Si](C)(C)O[Si](C)(C)C. The second-order valence-electron chi connectivity index (χ2n) is 9.20. The van der Waals surface area contributed by atoms with Crippen molar-refractivity contribution in [1.29, 1.82) is 0 Å². The van der Waals surface area contributed by atoms with Gasteiger partial charge in [0, 0.05) is 12.7 Å². The number of rotatable bonds is 14. The van der Waals surface area contributed by atoms with Gasteiger partial charge in [-0.25, -0.2) is 4.79 Å². The fourth-order valence-corrected chi connectivity index (χ4v) is 20.1. The van der Waals surface area contributed by atoms with Crippen molar-refractivity contribution < 1.29 is 26.6 Å². The summed E-state index contributed by atoms with van der Waals surface area (Å²) in [6, 6.07) is 0. The molecule has 0 saturated heterocycles. The third kappa shape index (κ3) is 16.8. The Balaban J connectivity index is 0. The standard InChI is InChI=1S/C17H40O6Si4.CH4/c1-11-17(18)20-15-13-12-14-19-16-27(10,22-25(5,6)7)23-26(8,9)21-24(2,3)4;/h11H,1,12-16H2,2-10H3;1H4. The molecule has 1 unspecified atom stereocenters. The lowest BCUT2D eigenvalue weighted by atomic mass is 10.3. The third-order valence-corrected chi connectivity index (χ3v) is 16.0. The molecule has 0 aromatic rings. The molecular weight excluding hydrogens is 425 g/mol. The van der Waals surface area contributed by atoms with E-state index in [4.69, 9.17) is 21.8 Å². The first kappa shape index (κ1) is 30.1. The van der Waals surface area contributed by atoms with Crippen LogP contribution in [-0.2, 0) is 26.6 Å². The summed E-state index contributed by atoms with van der Waals surface area (Å²) in [6.45, 7) is 23.7. The second kappa shape index (κ2) is 12.6. The Morgan fingerprint density at radius 1 is 0.821 bits per heavy atom. The maximum atomic E-state index is 11.0. The molecule has 28 heavy (non-hydrogen) atoms.